The quantitative estimate of drug-likeness (QED) is 0.666. The van der Waals surface area contributed by atoms with Crippen molar-refractivity contribution in [2.75, 3.05) is 0 Å². The molecule has 0 fully saturated rings. The number of carbonyl (C=O) groups is 1. The molecular weight excluding hydrogens is 255 g/mol. The molecule has 0 amide bonds. The highest BCUT2D eigenvalue weighted by Gasteiger charge is 2.13. The zero-order chi connectivity index (χ0) is 14.3. The molecule has 0 spiro atoms. The van der Waals surface area contributed by atoms with Gasteiger partial charge >= 0.3 is 0 Å². The first kappa shape index (κ1) is 12.5. The van der Waals surface area contributed by atoms with Crippen molar-refractivity contribution in [2.24, 2.45) is 0 Å². The van der Waals surface area contributed by atoms with Crippen molar-refractivity contribution >= 4 is 17.3 Å². The maximum Gasteiger partial charge on any atom is 0.150 e. The number of hydrogen-bond acceptors (Lipinski definition) is 2. The van der Waals surface area contributed by atoms with Gasteiger partial charge in [0.25, 0.3) is 0 Å². The van der Waals surface area contributed by atoms with Gasteiger partial charge in [0.1, 0.15) is 17.9 Å². The molecule has 20 heavy (non-hydrogen) atoms. The average molecular weight is 268 g/mol. The number of aromatic nitrogens is 2. The molecule has 0 aliphatic carbocycles. The molecule has 1 heterocycles. The van der Waals surface area contributed by atoms with Crippen molar-refractivity contribution < 1.29 is 9.18 Å². The number of rotatable bonds is 2. The van der Waals surface area contributed by atoms with E-state index in [1.54, 1.807) is 12.1 Å². The maximum absolute atomic E-state index is 13.5. The van der Waals surface area contributed by atoms with Crippen molar-refractivity contribution in [3.05, 3.63) is 59.2 Å². The lowest BCUT2D eigenvalue weighted by atomic mass is 10.1. The first-order valence-corrected chi connectivity index (χ1v) is 6.31. The normalized spacial score (nSPS) is 10.9. The van der Waals surface area contributed by atoms with Crippen LogP contribution < -0.4 is 0 Å². The van der Waals surface area contributed by atoms with Crippen LogP contribution in [0.4, 0.5) is 4.39 Å². The molecule has 0 aliphatic heterocycles. The first-order chi connectivity index (χ1) is 9.61. The third kappa shape index (κ3) is 1.81. The Morgan fingerprint density at radius 3 is 2.75 bits per heavy atom. The minimum absolute atomic E-state index is 0.303. The van der Waals surface area contributed by atoms with Crippen LogP contribution in [-0.4, -0.2) is 15.8 Å². The Morgan fingerprint density at radius 2 is 2.00 bits per heavy atom. The monoisotopic (exact) mass is 268 g/mol. The van der Waals surface area contributed by atoms with Crippen molar-refractivity contribution in [2.45, 2.75) is 13.8 Å². The predicted octanol–water partition coefficient (Wildman–Crippen LogP) is 3.59. The topological polar surface area (TPSA) is 34.9 Å². The molecule has 2 aromatic carbocycles. The highest BCUT2D eigenvalue weighted by atomic mass is 19.1. The van der Waals surface area contributed by atoms with Gasteiger partial charge in [-0.2, -0.15) is 0 Å². The van der Waals surface area contributed by atoms with E-state index in [9.17, 15) is 9.18 Å². The van der Waals surface area contributed by atoms with E-state index in [-0.39, 0.29) is 5.82 Å². The number of hydrogen-bond donors (Lipinski definition) is 0. The SMILES string of the molecule is Cc1c(C=O)cccc1-n1c(C)nc2ccc(F)cc21. The highest BCUT2D eigenvalue weighted by Crippen LogP contribution is 2.25. The summed E-state index contributed by atoms with van der Waals surface area (Å²) in [6.45, 7) is 3.74. The zero-order valence-corrected chi connectivity index (χ0v) is 11.2. The fourth-order valence-corrected chi connectivity index (χ4v) is 2.48. The van der Waals surface area contributed by atoms with Crippen LogP contribution in [0.5, 0.6) is 0 Å². The van der Waals surface area contributed by atoms with Crippen LogP contribution >= 0.6 is 0 Å². The fraction of sp³-hybridized carbons (Fsp3) is 0.125. The Hall–Kier alpha value is -2.49. The van der Waals surface area contributed by atoms with Crippen molar-refractivity contribution in [3.8, 4) is 5.69 Å². The Bertz CT molecular complexity index is 821. The molecule has 0 saturated carbocycles. The van der Waals surface area contributed by atoms with Gasteiger partial charge in [0, 0.05) is 11.6 Å². The minimum Gasteiger partial charge on any atom is -0.298 e. The van der Waals surface area contributed by atoms with Gasteiger partial charge in [-0.05, 0) is 37.6 Å². The van der Waals surface area contributed by atoms with Crippen molar-refractivity contribution in [1.29, 1.82) is 0 Å². The van der Waals surface area contributed by atoms with Gasteiger partial charge < -0.3 is 0 Å². The third-order valence-electron chi connectivity index (χ3n) is 3.50. The Balaban J connectivity index is 2.37. The number of halogens is 1. The van der Waals surface area contributed by atoms with Gasteiger partial charge in [-0.1, -0.05) is 12.1 Å². The molecule has 0 bridgehead atoms. The van der Waals surface area contributed by atoms with Gasteiger partial charge in [0.15, 0.2) is 0 Å². The summed E-state index contributed by atoms with van der Waals surface area (Å²) in [5, 5.41) is 0. The van der Waals surface area contributed by atoms with Crippen molar-refractivity contribution in [3.63, 3.8) is 0 Å². The molecule has 0 N–H and O–H groups in total. The third-order valence-corrected chi connectivity index (χ3v) is 3.50. The van der Waals surface area contributed by atoms with Gasteiger partial charge in [-0.15, -0.1) is 0 Å². The second-order valence-electron chi connectivity index (χ2n) is 4.74. The molecule has 0 unspecified atom stereocenters. The lowest BCUT2D eigenvalue weighted by Crippen LogP contribution is -2.02. The second kappa shape index (κ2) is 4.56. The highest BCUT2D eigenvalue weighted by molar-refractivity contribution is 5.82. The Morgan fingerprint density at radius 1 is 1.20 bits per heavy atom. The molecule has 1 aromatic heterocycles. The lowest BCUT2D eigenvalue weighted by molar-refractivity contribution is 0.112. The largest absolute Gasteiger partial charge is 0.298 e. The number of nitrogens with zero attached hydrogens (tertiary/aromatic N) is 2. The van der Waals surface area contributed by atoms with Crippen LogP contribution in [0.25, 0.3) is 16.7 Å². The summed E-state index contributed by atoms with van der Waals surface area (Å²) in [6, 6.07) is 10.0. The van der Waals surface area contributed by atoms with Gasteiger partial charge in [0.05, 0.1) is 16.7 Å². The smallest absolute Gasteiger partial charge is 0.150 e. The number of benzene rings is 2. The van der Waals surface area contributed by atoms with E-state index < -0.39 is 0 Å². The van der Waals surface area contributed by atoms with Crippen LogP contribution in [0.1, 0.15) is 21.7 Å². The van der Waals surface area contributed by atoms with Crippen LogP contribution in [0.3, 0.4) is 0 Å². The zero-order valence-electron chi connectivity index (χ0n) is 11.2. The predicted molar refractivity (Wildman–Crippen MR) is 75.9 cm³/mol. The molecule has 0 aliphatic rings. The summed E-state index contributed by atoms with van der Waals surface area (Å²) < 4.78 is 15.4. The first-order valence-electron chi connectivity index (χ1n) is 6.31. The summed E-state index contributed by atoms with van der Waals surface area (Å²) in [5.41, 5.74) is 3.77. The standard InChI is InChI=1S/C16H13FN2O/c1-10-12(9-20)4-3-5-15(10)19-11(2)18-14-7-6-13(17)8-16(14)19/h3-9H,1-2H3. The van der Waals surface area contributed by atoms with Gasteiger partial charge in [0.2, 0.25) is 0 Å². The maximum atomic E-state index is 13.5. The summed E-state index contributed by atoms with van der Waals surface area (Å²) in [5.74, 6) is 0.458. The number of imidazole rings is 1. The second-order valence-corrected chi connectivity index (χ2v) is 4.74. The van der Waals surface area contributed by atoms with Crippen LogP contribution in [-0.2, 0) is 0 Å². The van der Waals surface area contributed by atoms with Gasteiger partial charge in [-0.3, -0.25) is 9.36 Å². The van der Waals surface area contributed by atoms with Crippen LogP contribution in [0.2, 0.25) is 0 Å². The molecule has 0 radical (unpaired) electrons. The lowest BCUT2D eigenvalue weighted by Gasteiger charge is -2.11. The van der Waals surface area contributed by atoms with E-state index in [1.807, 2.05) is 30.5 Å². The number of aryl methyl sites for hydroxylation is 1. The summed E-state index contributed by atoms with van der Waals surface area (Å²) >= 11 is 0. The molecule has 4 heteroatoms. The van der Waals surface area contributed by atoms with Crippen molar-refractivity contribution in [1.82, 2.24) is 9.55 Å². The summed E-state index contributed by atoms with van der Waals surface area (Å²) in [7, 11) is 0. The number of carbonyl (C=O) groups excluding carboxylic acids is 1. The molecule has 3 nitrogen and oxygen atoms in total. The molecular formula is C16H13FN2O. The molecule has 3 rings (SSSR count). The van der Waals surface area contributed by atoms with E-state index in [2.05, 4.69) is 4.98 Å². The summed E-state index contributed by atoms with van der Waals surface area (Å²) in [6.07, 6.45) is 0.827. The Labute approximate surface area is 115 Å². The van der Waals surface area contributed by atoms with E-state index in [0.717, 1.165) is 28.9 Å². The van der Waals surface area contributed by atoms with Crippen LogP contribution in [0, 0.1) is 19.7 Å². The molecule has 0 atom stereocenters. The summed E-state index contributed by atoms with van der Waals surface area (Å²) in [4.78, 5) is 15.5. The number of aldehydes is 1. The van der Waals surface area contributed by atoms with E-state index in [0.29, 0.717) is 11.1 Å². The molecule has 0 saturated heterocycles. The van der Waals surface area contributed by atoms with Crippen LogP contribution in [0.15, 0.2) is 36.4 Å². The van der Waals surface area contributed by atoms with Gasteiger partial charge in [-0.25, -0.2) is 9.37 Å². The fourth-order valence-electron chi connectivity index (χ4n) is 2.48. The molecule has 100 valence electrons. The van der Waals surface area contributed by atoms with E-state index >= 15 is 0 Å². The minimum atomic E-state index is -0.303. The van der Waals surface area contributed by atoms with E-state index in [1.165, 1.54) is 12.1 Å². The molecule has 3 aromatic rings. The average Bonchev–Trinajstić information content (AvgIpc) is 2.75. The number of fused-ring (bicyclic) bond motifs is 1. The van der Waals surface area contributed by atoms with E-state index in [4.69, 9.17) is 0 Å². The Kier molecular flexibility index (Phi) is 2.86.